The quantitative estimate of drug-likeness (QED) is 0.789. The smallest absolute Gasteiger partial charge is 0.355 e. The van der Waals surface area contributed by atoms with Crippen LogP contribution in [0.25, 0.3) is 0 Å². The summed E-state index contributed by atoms with van der Waals surface area (Å²) in [5.74, 6) is -2.01. The molecule has 118 valence electrons. The van der Waals surface area contributed by atoms with Gasteiger partial charge in [0.15, 0.2) is 0 Å². The molecule has 6 nitrogen and oxygen atoms in total. The number of rotatable bonds is 3. The van der Waals surface area contributed by atoms with Crippen LogP contribution in [0.1, 0.15) is 5.56 Å². The lowest BCUT2D eigenvalue weighted by Gasteiger charge is -2.32. The van der Waals surface area contributed by atoms with Gasteiger partial charge in [-0.3, -0.25) is 0 Å². The molecule has 0 unspecified atom stereocenters. The Morgan fingerprint density at radius 3 is 2.50 bits per heavy atom. The molecule has 0 saturated carbocycles. The average Bonchev–Trinajstić information content (AvgIpc) is 2.53. The Morgan fingerprint density at radius 2 is 1.91 bits per heavy atom. The number of nitrogens with zero attached hydrogens (tertiary/aromatic N) is 1. The summed E-state index contributed by atoms with van der Waals surface area (Å²) in [5, 5.41) is 0. The predicted octanol–water partition coefficient (Wildman–Crippen LogP) is 1.53. The molecular weight excluding hydrogens is 293 g/mol. The minimum atomic E-state index is -0.758. The van der Waals surface area contributed by atoms with E-state index in [0.29, 0.717) is 5.56 Å². The Bertz CT molecular complexity index is 621. The molecule has 0 aromatic heterocycles. The third-order valence-corrected chi connectivity index (χ3v) is 3.29. The van der Waals surface area contributed by atoms with Crippen LogP contribution >= 0.6 is 0 Å². The van der Waals surface area contributed by atoms with Crippen molar-refractivity contribution in [2.45, 2.75) is 6.92 Å². The molecule has 1 aromatic carbocycles. The van der Waals surface area contributed by atoms with Gasteiger partial charge in [-0.05, 0) is 18.6 Å². The summed E-state index contributed by atoms with van der Waals surface area (Å²) in [6.45, 7) is 1.51. The molecule has 0 fully saturated rings. The van der Waals surface area contributed by atoms with Crippen molar-refractivity contribution < 1.29 is 28.2 Å². The normalized spacial score (nSPS) is 14.8. The van der Waals surface area contributed by atoms with Gasteiger partial charge in [0.25, 0.3) is 0 Å². The number of benzene rings is 1. The van der Waals surface area contributed by atoms with Gasteiger partial charge in [-0.2, -0.15) is 0 Å². The van der Waals surface area contributed by atoms with E-state index >= 15 is 0 Å². The molecule has 2 rings (SSSR count). The van der Waals surface area contributed by atoms with Crippen LogP contribution in [0.15, 0.2) is 29.5 Å². The lowest BCUT2D eigenvalue weighted by molar-refractivity contribution is -0.140. The van der Waals surface area contributed by atoms with Gasteiger partial charge in [-0.15, -0.1) is 0 Å². The van der Waals surface area contributed by atoms with E-state index in [-0.39, 0.29) is 30.3 Å². The molecule has 1 aliphatic heterocycles. The van der Waals surface area contributed by atoms with Gasteiger partial charge in [0.1, 0.15) is 18.2 Å². The third-order valence-electron chi connectivity index (χ3n) is 3.29. The summed E-state index contributed by atoms with van der Waals surface area (Å²) in [6, 6.07) is 4.52. The minimum absolute atomic E-state index is 0.0109. The highest BCUT2D eigenvalue weighted by molar-refractivity contribution is 6.03. The van der Waals surface area contributed by atoms with Crippen LogP contribution in [0.3, 0.4) is 0 Å². The van der Waals surface area contributed by atoms with E-state index in [1.165, 1.54) is 25.2 Å². The molecule has 1 aromatic rings. The Kier molecular flexibility index (Phi) is 4.77. The Morgan fingerprint density at radius 1 is 1.23 bits per heavy atom. The van der Waals surface area contributed by atoms with Crippen LogP contribution in [0, 0.1) is 12.7 Å². The lowest BCUT2D eigenvalue weighted by Crippen LogP contribution is -2.39. The second-order valence-corrected chi connectivity index (χ2v) is 4.62. The second kappa shape index (κ2) is 6.57. The number of carbonyl (C=O) groups is 2. The topological polar surface area (TPSA) is 65.1 Å². The van der Waals surface area contributed by atoms with E-state index in [1.54, 1.807) is 19.1 Å². The number of methoxy groups -OCH3 is 2. The fraction of sp³-hybridized carbons (Fsp3) is 0.333. The van der Waals surface area contributed by atoms with Crippen molar-refractivity contribution in [2.75, 3.05) is 32.5 Å². The summed E-state index contributed by atoms with van der Waals surface area (Å²) in [6.07, 6.45) is 0. The number of aryl methyl sites for hydroxylation is 1. The summed E-state index contributed by atoms with van der Waals surface area (Å²) in [4.78, 5) is 25.2. The Labute approximate surface area is 127 Å². The molecule has 0 aliphatic carbocycles. The van der Waals surface area contributed by atoms with E-state index < -0.39 is 17.8 Å². The molecule has 0 spiro atoms. The largest absolute Gasteiger partial charge is 0.466 e. The number of hydrogen-bond donors (Lipinski definition) is 0. The molecule has 7 heteroatoms. The first-order valence-corrected chi connectivity index (χ1v) is 6.51. The summed E-state index contributed by atoms with van der Waals surface area (Å²) < 4.78 is 28.9. The van der Waals surface area contributed by atoms with Gasteiger partial charge in [0, 0.05) is 0 Å². The molecule has 1 heterocycles. The first-order valence-electron chi connectivity index (χ1n) is 6.51. The van der Waals surface area contributed by atoms with Crippen LogP contribution in [-0.4, -0.2) is 39.5 Å². The number of ether oxygens (including phenoxy) is 3. The van der Waals surface area contributed by atoms with Gasteiger partial charge in [-0.25, -0.2) is 14.0 Å². The van der Waals surface area contributed by atoms with Gasteiger partial charge in [0.2, 0.25) is 0 Å². The lowest BCUT2D eigenvalue weighted by atomic mass is 10.1. The minimum Gasteiger partial charge on any atom is -0.466 e. The monoisotopic (exact) mass is 309 g/mol. The first kappa shape index (κ1) is 16.0. The Balaban J connectivity index is 2.63. The van der Waals surface area contributed by atoms with Crippen molar-refractivity contribution in [1.82, 2.24) is 0 Å². The number of carbonyl (C=O) groups excluding carboxylic acids is 2. The van der Waals surface area contributed by atoms with E-state index in [4.69, 9.17) is 9.47 Å². The van der Waals surface area contributed by atoms with Gasteiger partial charge < -0.3 is 19.1 Å². The average molecular weight is 309 g/mol. The number of para-hydroxylation sites is 1. The Hall–Kier alpha value is -2.41. The van der Waals surface area contributed by atoms with Gasteiger partial charge in [0.05, 0.1) is 32.1 Å². The van der Waals surface area contributed by atoms with Crippen molar-refractivity contribution in [3.8, 4) is 0 Å². The van der Waals surface area contributed by atoms with E-state index in [9.17, 15) is 14.0 Å². The summed E-state index contributed by atoms with van der Waals surface area (Å²) >= 11 is 0. The maximum absolute atomic E-state index is 14.2. The number of anilines is 1. The fourth-order valence-corrected chi connectivity index (χ4v) is 2.28. The van der Waals surface area contributed by atoms with Crippen molar-refractivity contribution in [2.24, 2.45) is 0 Å². The third kappa shape index (κ3) is 2.80. The molecule has 1 aliphatic rings. The fourth-order valence-electron chi connectivity index (χ4n) is 2.28. The van der Waals surface area contributed by atoms with Crippen molar-refractivity contribution >= 4 is 17.6 Å². The molecular formula is C15H16FNO5. The number of hydrogen-bond acceptors (Lipinski definition) is 6. The number of halogens is 1. The molecule has 0 bridgehead atoms. The van der Waals surface area contributed by atoms with Crippen LogP contribution in [0.5, 0.6) is 0 Å². The zero-order valence-electron chi connectivity index (χ0n) is 12.5. The zero-order valence-corrected chi connectivity index (χ0v) is 12.5. The van der Waals surface area contributed by atoms with Crippen LogP contribution < -0.4 is 4.90 Å². The van der Waals surface area contributed by atoms with Crippen LogP contribution in [0.2, 0.25) is 0 Å². The maximum atomic E-state index is 14.2. The summed E-state index contributed by atoms with van der Waals surface area (Å²) in [7, 11) is 2.38. The molecule has 0 radical (unpaired) electrons. The standard InChI is InChI=1S/C15H16FNO5/c1-9-5-4-6-11(16)12(9)17-8-22-7-10(14(18)20-2)13(17)15(19)21-3/h4-6H,7-8H2,1-3H3. The maximum Gasteiger partial charge on any atom is 0.355 e. The highest BCUT2D eigenvalue weighted by Crippen LogP contribution is 2.31. The van der Waals surface area contributed by atoms with Crippen molar-refractivity contribution in [3.63, 3.8) is 0 Å². The van der Waals surface area contributed by atoms with Crippen molar-refractivity contribution in [1.29, 1.82) is 0 Å². The molecule has 22 heavy (non-hydrogen) atoms. The molecule has 0 N–H and O–H groups in total. The molecule has 0 atom stereocenters. The highest BCUT2D eigenvalue weighted by atomic mass is 19.1. The van der Waals surface area contributed by atoms with E-state index in [2.05, 4.69) is 4.74 Å². The molecule has 0 amide bonds. The predicted molar refractivity (Wildman–Crippen MR) is 75.5 cm³/mol. The zero-order chi connectivity index (χ0) is 16.3. The second-order valence-electron chi connectivity index (χ2n) is 4.62. The summed E-state index contributed by atoms with van der Waals surface area (Å²) in [5.41, 5.74) is 0.664. The highest BCUT2D eigenvalue weighted by Gasteiger charge is 2.34. The van der Waals surface area contributed by atoms with Crippen LogP contribution in [-0.2, 0) is 23.8 Å². The van der Waals surface area contributed by atoms with Crippen molar-refractivity contribution in [3.05, 3.63) is 40.8 Å². The van der Waals surface area contributed by atoms with E-state index in [1.807, 2.05) is 0 Å². The first-order chi connectivity index (χ1) is 10.5. The van der Waals surface area contributed by atoms with Gasteiger partial charge in [-0.1, -0.05) is 12.1 Å². The van der Waals surface area contributed by atoms with Gasteiger partial charge >= 0.3 is 11.9 Å². The molecule has 0 saturated heterocycles. The van der Waals surface area contributed by atoms with Crippen LogP contribution in [0.4, 0.5) is 10.1 Å². The SMILES string of the molecule is COC(=O)C1=C(C(=O)OC)N(c2c(C)cccc2F)COC1. The van der Waals surface area contributed by atoms with E-state index in [0.717, 1.165) is 0 Å². The number of esters is 2.